The molecule has 5 nitrogen and oxygen atoms in total. The van der Waals surface area contributed by atoms with Gasteiger partial charge in [0.15, 0.2) is 0 Å². The molecule has 100 valence electrons. The molecule has 0 saturated carbocycles. The van der Waals surface area contributed by atoms with Crippen molar-refractivity contribution in [2.45, 2.75) is 20.4 Å². The number of rotatable bonds is 4. The zero-order valence-corrected chi connectivity index (χ0v) is 11.1. The molecule has 0 saturated heterocycles. The van der Waals surface area contributed by atoms with Crippen LogP contribution in [0.25, 0.3) is 0 Å². The average Bonchev–Trinajstić information content (AvgIpc) is 2.32. The number of ether oxygens (including phenoxy) is 1. The van der Waals surface area contributed by atoms with Crippen LogP contribution in [0.5, 0.6) is 5.75 Å². The van der Waals surface area contributed by atoms with Gasteiger partial charge in [0, 0.05) is 23.1 Å². The lowest BCUT2D eigenvalue weighted by atomic mass is 10.3. The van der Waals surface area contributed by atoms with E-state index in [0.717, 1.165) is 11.4 Å². The largest absolute Gasteiger partial charge is 0.492 e. The van der Waals surface area contributed by atoms with E-state index in [1.54, 1.807) is 16.7 Å². The number of aryl methyl sites for hydroxylation is 2. The minimum absolute atomic E-state index is 0.242. The summed E-state index contributed by atoms with van der Waals surface area (Å²) in [7, 11) is 0. The Kier molecular flexibility index (Phi) is 3.85. The van der Waals surface area contributed by atoms with Crippen molar-refractivity contribution in [3.8, 4) is 5.75 Å². The number of benzene rings is 1. The molecule has 5 heteroatoms. The smallest absolute Gasteiger partial charge is 0.348 e. The van der Waals surface area contributed by atoms with E-state index in [4.69, 9.17) is 10.5 Å². The molecule has 1 heterocycles. The van der Waals surface area contributed by atoms with Gasteiger partial charge in [-0.2, -0.15) is 4.98 Å². The molecule has 2 N–H and O–H groups in total. The third-order valence-electron chi connectivity index (χ3n) is 2.79. The Balaban J connectivity index is 2.02. The van der Waals surface area contributed by atoms with Crippen LogP contribution in [0.2, 0.25) is 0 Å². The molecule has 2 rings (SSSR count). The summed E-state index contributed by atoms with van der Waals surface area (Å²) < 4.78 is 7.16. The van der Waals surface area contributed by atoms with Crippen LogP contribution in [0.15, 0.2) is 35.1 Å². The Bertz CT molecular complexity index is 635. The highest BCUT2D eigenvalue weighted by Gasteiger charge is 2.03. The van der Waals surface area contributed by atoms with Gasteiger partial charge in [-0.3, -0.25) is 4.57 Å². The topological polar surface area (TPSA) is 70.1 Å². The second kappa shape index (κ2) is 5.56. The van der Waals surface area contributed by atoms with E-state index in [1.807, 2.05) is 32.0 Å². The van der Waals surface area contributed by atoms with Gasteiger partial charge in [-0.15, -0.1) is 0 Å². The maximum Gasteiger partial charge on any atom is 0.348 e. The Morgan fingerprint density at radius 2 is 2.11 bits per heavy atom. The van der Waals surface area contributed by atoms with Gasteiger partial charge in [-0.1, -0.05) is 6.07 Å². The third-order valence-corrected chi connectivity index (χ3v) is 2.79. The van der Waals surface area contributed by atoms with Crippen molar-refractivity contribution in [3.63, 3.8) is 0 Å². The molecule has 0 unspecified atom stereocenters. The maximum atomic E-state index is 11.7. The predicted octanol–water partition coefficient (Wildman–Crippen LogP) is 1.52. The summed E-state index contributed by atoms with van der Waals surface area (Å²) in [6, 6.07) is 9.09. The van der Waals surface area contributed by atoms with E-state index < -0.39 is 0 Å². The van der Waals surface area contributed by atoms with Crippen molar-refractivity contribution in [2.24, 2.45) is 0 Å². The molecule has 1 aromatic carbocycles. The highest BCUT2D eigenvalue weighted by atomic mass is 16.5. The molecule has 0 aliphatic carbocycles. The van der Waals surface area contributed by atoms with Crippen LogP contribution < -0.4 is 16.2 Å². The fourth-order valence-electron chi connectivity index (χ4n) is 1.91. The van der Waals surface area contributed by atoms with E-state index in [9.17, 15) is 4.79 Å². The van der Waals surface area contributed by atoms with Crippen molar-refractivity contribution in [3.05, 3.63) is 52.2 Å². The molecule has 0 aliphatic heterocycles. The number of hydrogen-bond donors (Lipinski definition) is 1. The Morgan fingerprint density at radius 1 is 1.32 bits per heavy atom. The molecule has 0 radical (unpaired) electrons. The minimum atomic E-state index is -0.242. The normalized spacial score (nSPS) is 10.4. The summed E-state index contributed by atoms with van der Waals surface area (Å²) in [6.07, 6.45) is 0. The lowest BCUT2D eigenvalue weighted by Gasteiger charge is -2.11. The van der Waals surface area contributed by atoms with Crippen LogP contribution in [0, 0.1) is 13.8 Å². The van der Waals surface area contributed by atoms with Crippen LogP contribution in [0.4, 0.5) is 5.69 Å². The predicted molar refractivity (Wildman–Crippen MR) is 74.3 cm³/mol. The van der Waals surface area contributed by atoms with Crippen molar-refractivity contribution < 1.29 is 4.74 Å². The first-order valence-corrected chi connectivity index (χ1v) is 6.09. The lowest BCUT2D eigenvalue weighted by molar-refractivity contribution is 0.294. The van der Waals surface area contributed by atoms with Gasteiger partial charge in [0.25, 0.3) is 0 Å². The van der Waals surface area contributed by atoms with E-state index in [2.05, 4.69) is 4.98 Å². The van der Waals surface area contributed by atoms with Gasteiger partial charge >= 0.3 is 5.69 Å². The standard InChI is InChI=1S/C14H17N3O2/c1-10-8-11(2)17(14(18)16-10)6-7-19-13-5-3-4-12(15)9-13/h3-5,8-9H,6-7,15H2,1-2H3. The van der Waals surface area contributed by atoms with Crippen LogP contribution in [-0.4, -0.2) is 16.2 Å². The van der Waals surface area contributed by atoms with Crippen LogP contribution >= 0.6 is 0 Å². The van der Waals surface area contributed by atoms with Crippen molar-refractivity contribution in [2.75, 3.05) is 12.3 Å². The van der Waals surface area contributed by atoms with E-state index in [1.165, 1.54) is 0 Å². The molecule has 1 aromatic heterocycles. The molecule has 0 aliphatic rings. The quantitative estimate of drug-likeness (QED) is 0.845. The number of nitrogen functional groups attached to an aromatic ring is 1. The molecule has 19 heavy (non-hydrogen) atoms. The summed E-state index contributed by atoms with van der Waals surface area (Å²) in [4.78, 5) is 15.6. The SMILES string of the molecule is Cc1cc(C)n(CCOc2cccc(N)c2)c(=O)n1. The van der Waals surface area contributed by atoms with Crippen LogP contribution in [0.1, 0.15) is 11.4 Å². The fraction of sp³-hybridized carbons (Fsp3) is 0.286. The summed E-state index contributed by atoms with van der Waals surface area (Å²) in [5, 5.41) is 0. The molecule has 2 aromatic rings. The number of anilines is 1. The number of hydrogen-bond acceptors (Lipinski definition) is 4. The van der Waals surface area contributed by atoms with E-state index >= 15 is 0 Å². The number of aromatic nitrogens is 2. The first-order chi connectivity index (χ1) is 9.06. The van der Waals surface area contributed by atoms with Crippen molar-refractivity contribution in [1.82, 2.24) is 9.55 Å². The van der Waals surface area contributed by atoms with Gasteiger partial charge in [0.1, 0.15) is 12.4 Å². The first-order valence-electron chi connectivity index (χ1n) is 6.09. The minimum Gasteiger partial charge on any atom is -0.492 e. The van der Waals surface area contributed by atoms with Crippen molar-refractivity contribution in [1.29, 1.82) is 0 Å². The molecular weight excluding hydrogens is 242 g/mol. The van der Waals surface area contributed by atoms with Gasteiger partial charge in [0.05, 0.1) is 6.54 Å². The van der Waals surface area contributed by atoms with Gasteiger partial charge in [0.2, 0.25) is 0 Å². The Morgan fingerprint density at radius 3 is 2.79 bits per heavy atom. The maximum absolute atomic E-state index is 11.7. The zero-order valence-electron chi connectivity index (χ0n) is 11.1. The van der Waals surface area contributed by atoms with Gasteiger partial charge in [-0.25, -0.2) is 4.79 Å². The summed E-state index contributed by atoms with van der Waals surface area (Å²) in [5.41, 5.74) is 7.69. The molecular formula is C14H17N3O2. The second-order valence-corrected chi connectivity index (χ2v) is 4.39. The summed E-state index contributed by atoms with van der Waals surface area (Å²) in [6.45, 7) is 4.56. The van der Waals surface area contributed by atoms with Crippen LogP contribution in [-0.2, 0) is 6.54 Å². The highest BCUT2D eigenvalue weighted by molar-refractivity contribution is 5.43. The van der Waals surface area contributed by atoms with Gasteiger partial charge in [-0.05, 0) is 32.0 Å². The Labute approximate surface area is 111 Å². The molecule has 0 atom stereocenters. The fourth-order valence-corrected chi connectivity index (χ4v) is 1.91. The average molecular weight is 259 g/mol. The van der Waals surface area contributed by atoms with E-state index in [-0.39, 0.29) is 5.69 Å². The van der Waals surface area contributed by atoms with Crippen molar-refractivity contribution >= 4 is 5.69 Å². The summed E-state index contributed by atoms with van der Waals surface area (Å²) in [5.74, 6) is 0.700. The number of nitrogens with zero attached hydrogens (tertiary/aromatic N) is 2. The van der Waals surface area contributed by atoms with Crippen LogP contribution in [0.3, 0.4) is 0 Å². The molecule has 0 bridgehead atoms. The Hall–Kier alpha value is -2.30. The van der Waals surface area contributed by atoms with E-state index in [0.29, 0.717) is 24.6 Å². The lowest BCUT2D eigenvalue weighted by Crippen LogP contribution is -2.27. The monoisotopic (exact) mass is 259 g/mol. The third kappa shape index (κ3) is 3.34. The summed E-state index contributed by atoms with van der Waals surface area (Å²) >= 11 is 0. The molecule has 0 fully saturated rings. The van der Waals surface area contributed by atoms with Gasteiger partial charge < -0.3 is 10.5 Å². The first kappa shape index (κ1) is 13.1. The second-order valence-electron chi connectivity index (χ2n) is 4.39. The zero-order chi connectivity index (χ0) is 13.8. The number of nitrogens with two attached hydrogens (primary N) is 1. The molecule has 0 amide bonds. The molecule has 0 spiro atoms. The highest BCUT2D eigenvalue weighted by Crippen LogP contribution is 2.14.